The number of benzene rings is 2. The summed E-state index contributed by atoms with van der Waals surface area (Å²) >= 11 is 0. The number of nitrogens with one attached hydrogen (secondary N) is 1. The molecule has 2 aromatic carbocycles. The number of sulfonamides is 1. The molecule has 2 rings (SSSR count). The fraction of sp³-hybridized carbons (Fsp3) is 0.0769. The van der Waals surface area contributed by atoms with Crippen LogP contribution in [0.15, 0.2) is 53.4 Å². The summed E-state index contributed by atoms with van der Waals surface area (Å²) in [6.45, 7) is 1.87. The van der Waals surface area contributed by atoms with E-state index in [0.29, 0.717) is 5.69 Å². The topological polar surface area (TPSA) is 86.6 Å². The standard InChI is InChI=1S/C13H14BNO4S/c1-10-3-2-4-12(9-10)15-20(18,19)13-7-5-11(6-8-13)14(16)17/h2-9,15-17H,1H3. The molecule has 0 bridgehead atoms. The Labute approximate surface area is 118 Å². The highest BCUT2D eigenvalue weighted by atomic mass is 32.2. The van der Waals surface area contributed by atoms with E-state index in [1.165, 1.54) is 24.3 Å². The van der Waals surface area contributed by atoms with E-state index in [1.54, 1.807) is 18.2 Å². The third-order valence-electron chi connectivity index (χ3n) is 2.76. The van der Waals surface area contributed by atoms with Crippen LogP contribution in [0, 0.1) is 6.92 Å². The molecule has 0 spiro atoms. The Balaban J connectivity index is 2.26. The number of anilines is 1. The molecule has 5 nitrogen and oxygen atoms in total. The second-order valence-corrected chi connectivity index (χ2v) is 6.10. The smallest absolute Gasteiger partial charge is 0.423 e. The molecule has 0 aliphatic rings. The summed E-state index contributed by atoms with van der Waals surface area (Å²) in [6.07, 6.45) is 0. The zero-order valence-corrected chi connectivity index (χ0v) is 11.6. The highest BCUT2D eigenvalue weighted by molar-refractivity contribution is 7.92. The summed E-state index contributed by atoms with van der Waals surface area (Å²) in [5.74, 6) is 0. The molecule has 0 fully saturated rings. The van der Waals surface area contributed by atoms with Gasteiger partial charge in [0.2, 0.25) is 0 Å². The first-order chi connectivity index (χ1) is 9.38. The second-order valence-electron chi connectivity index (χ2n) is 4.42. The van der Waals surface area contributed by atoms with Crippen LogP contribution in [-0.2, 0) is 10.0 Å². The Bertz CT molecular complexity index is 699. The Hall–Kier alpha value is -1.83. The predicted molar refractivity (Wildman–Crippen MR) is 78.3 cm³/mol. The van der Waals surface area contributed by atoms with E-state index in [2.05, 4.69) is 4.72 Å². The van der Waals surface area contributed by atoms with Crippen LogP contribution in [0.25, 0.3) is 0 Å². The molecule has 0 heterocycles. The van der Waals surface area contributed by atoms with Gasteiger partial charge in [-0.05, 0) is 42.2 Å². The molecule has 0 aliphatic carbocycles. The quantitative estimate of drug-likeness (QED) is 0.715. The molecule has 0 amide bonds. The third kappa shape index (κ3) is 3.38. The minimum atomic E-state index is -3.69. The van der Waals surface area contributed by atoms with Crippen molar-refractivity contribution < 1.29 is 18.5 Å². The SMILES string of the molecule is Cc1cccc(NS(=O)(=O)c2ccc(B(O)O)cc2)c1. The molecule has 0 saturated heterocycles. The van der Waals surface area contributed by atoms with Crippen LogP contribution >= 0.6 is 0 Å². The van der Waals surface area contributed by atoms with Crippen molar-refractivity contribution in [2.24, 2.45) is 0 Å². The monoisotopic (exact) mass is 291 g/mol. The van der Waals surface area contributed by atoms with Crippen molar-refractivity contribution in [3.63, 3.8) is 0 Å². The molecule has 0 radical (unpaired) electrons. The summed E-state index contributed by atoms with van der Waals surface area (Å²) in [7, 11) is -5.30. The van der Waals surface area contributed by atoms with Gasteiger partial charge in [0.25, 0.3) is 10.0 Å². The molecule has 0 unspecified atom stereocenters. The van der Waals surface area contributed by atoms with Crippen LogP contribution in [0.5, 0.6) is 0 Å². The Morgan fingerprint density at radius 3 is 2.25 bits per heavy atom. The minimum absolute atomic E-state index is 0.0587. The maximum Gasteiger partial charge on any atom is 0.488 e. The Kier molecular flexibility index (Phi) is 4.13. The van der Waals surface area contributed by atoms with E-state index in [0.717, 1.165) is 5.56 Å². The van der Waals surface area contributed by atoms with Crippen LogP contribution in [0.1, 0.15) is 5.56 Å². The summed E-state index contributed by atoms with van der Waals surface area (Å²) < 4.78 is 26.8. The molecule has 7 heteroatoms. The zero-order valence-electron chi connectivity index (χ0n) is 10.8. The van der Waals surface area contributed by atoms with Crippen LogP contribution in [0.3, 0.4) is 0 Å². The molecular weight excluding hydrogens is 277 g/mol. The average molecular weight is 291 g/mol. The van der Waals surface area contributed by atoms with Crippen LogP contribution in [-0.4, -0.2) is 25.6 Å². The van der Waals surface area contributed by atoms with Crippen molar-refractivity contribution in [3.8, 4) is 0 Å². The summed E-state index contributed by atoms with van der Waals surface area (Å²) in [6, 6.07) is 12.4. The van der Waals surface area contributed by atoms with Gasteiger partial charge in [-0.25, -0.2) is 8.42 Å². The summed E-state index contributed by atoms with van der Waals surface area (Å²) in [5.41, 5.74) is 1.67. The van der Waals surface area contributed by atoms with E-state index < -0.39 is 17.1 Å². The zero-order chi connectivity index (χ0) is 14.8. The maximum atomic E-state index is 12.2. The van der Waals surface area contributed by atoms with Crippen LogP contribution < -0.4 is 10.2 Å². The first-order valence-electron chi connectivity index (χ1n) is 5.94. The normalized spacial score (nSPS) is 11.2. The van der Waals surface area contributed by atoms with Crippen molar-refractivity contribution in [1.82, 2.24) is 0 Å². The molecule has 3 N–H and O–H groups in total. The Morgan fingerprint density at radius 2 is 1.70 bits per heavy atom. The van der Waals surface area contributed by atoms with Crippen molar-refractivity contribution in [1.29, 1.82) is 0 Å². The van der Waals surface area contributed by atoms with Crippen LogP contribution in [0.2, 0.25) is 0 Å². The van der Waals surface area contributed by atoms with Crippen molar-refractivity contribution in [2.75, 3.05) is 4.72 Å². The minimum Gasteiger partial charge on any atom is -0.423 e. The van der Waals surface area contributed by atoms with Crippen LogP contribution in [0.4, 0.5) is 5.69 Å². The lowest BCUT2D eigenvalue weighted by Gasteiger charge is -2.09. The molecule has 2 aromatic rings. The first kappa shape index (κ1) is 14.6. The van der Waals surface area contributed by atoms with Crippen molar-refractivity contribution in [2.45, 2.75) is 11.8 Å². The highest BCUT2D eigenvalue weighted by Crippen LogP contribution is 2.16. The summed E-state index contributed by atoms with van der Waals surface area (Å²) in [5, 5.41) is 17.9. The largest absolute Gasteiger partial charge is 0.488 e. The van der Waals surface area contributed by atoms with E-state index >= 15 is 0 Å². The average Bonchev–Trinajstić information content (AvgIpc) is 2.38. The highest BCUT2D eigenvalue weighted by Gasteiger charge is 2.16. The van der Waals surface area contributed by atoms with Gasteiger partial charge < -0.3 is 10.0 Å². The second kappa shape index (κ2) is 5.66. The fourth-order valence-electron chi connectivity index (χ4n) is 1.74. The van der Waals surface area contributed by atoms with Gasteiger partial charge >= 0.3 is 7.12 Å². The van der Waals surface area contributed by atoms with E-state index in [9.17, 15) is 8.42 Å². The number of hydrogen-bond acceptors (Lipinski definition) is 4. The fourth-order valence-corrected chi connectivity index (χ4v) is 2.79. The molecular formula is C13H14BNO4S. The van der Waals surface area contributed by atoms with Gasteiger partial charge in [-0.1, -0.05) is 24.3 Å². The van der Waals surface area contributed by atoms with E-state index in [1.807, 2.05) is 13.0 Å². The predicted octanol–water partition coefficient (Wildman–Crippen LogP) is 0.476. The Morgan fingerprint density at radius 1 is 1.05 bits per heavy atom. The molecule has 104 valence electrons. The van der Waals surface area contributed by atoms with Gasteiger partial charge in [-0.2, -0.15) is 0 Å². The molecule has 0 aromatic heterocycles. The van der Waals surface area contributed by atoms with Crippen molar-refractivity contribution >= 4 is 28.3 Å². The lowest BCUT2D eigenvalue weighted by molar-refractivity contribution is 0.425. The molecule has 20 heavy (non-hydrogen) atoms. The lowest BCUT2D eigenvalue weighted by atomic mass is 9.81. The van der Waals surface area contributed by atoms with E-state index in [4.69, 9.17) is 10.0 Å². The van der Waals surface area contributed by atoms with Crippen molar-refractivity contribution in [3.05, 3.63) is 54.1 Å². The van der Waals surface area contributed by atoms with Gasteiger partial charge in [0, 0.05) is 5.69 Å². The molecule has 0 aliphatic heterocycles. The number of aryl methyl sites for hydroxylation is 1. The van der Waals surface area contributed by atoms with Gasteiger partial charge in [-0.15, -0.1) is 0 Å². The first-order valence-corrected chi connectivity index (χ1v) is 7.42. The molecule has 0 atom stereocenters. The van der Waals surface area contributed by atoms with Gasteiger partial charge in [0.05, 0.1) is 4.90 Å². The van der Waals surface area contributed by atoms with Gasteiger partial charge in [0.15, 0.2) is 0 Å². The number of rotatable bonds is 4. The van der Waals surface area contributed by atoms with Gasteiger partial charge in [0.1, 0.15) is 0 Å². The van der Waals surface area contributed by atoms with Gasteiger partial charge in [-0.3, -0.25) is 4.72 Å². The lowest BCUT2D eigenvalue weighted by Crippen LogP contribution is -2.29. The maximum absolute atomic E-state index is 12.2. The molecule has 0 saturated carbocycles. The third-order valence-corrected chi connectivity index (χ3v) is 4.16. The van der Waals surface area contributed by atoms with E-state index in [-0.39, 0.29) is 10.4 Å². The number of hydrogen-bond donors (Lipinski definition) is 3. The summed E-state index contributed by atoms with van der Waals surface area (Å²) in [4.78, 5) is 0.0587.